The molecule has 2 aromatic rings. The van der Waals surface area contributed by atoms with E-state index in [1.165, 1.54) is 11.3 Å². The predicted octanol–water partition coefficient (Wildman–Crippen LogP) is 2.02. The second-order valence-electron chi connectivity index (χ2n) is 8.90. The van der Waals surface area contributed by atoms with Crippen LogP contribution in [0.25, 0.3) is 0 Å². The molecule has 186 valence electrons. The largest absolute Gasteiger partial charge is 0.490 e. The average Bonchev–Trinajstić information content (AvgIpc) is 3.42. The van der Waals surface area contributed by atoms with E-state index in [0.717, 1.165) is 0 Å². The monoisotopic (exact) mass is 500 g/mol. The summed E-state index contributed by atoms with van der Waals surface area (Å²) < 4.78 is 17.6. The minimum atomic E-state index is -0.336. The Bertz CT molecular complexity index is 1090. The predicted molar refractivity (Wildman–Crippen MR) is 128 cm³/mol. The van der Waals surface area contributed by atoms with E-state index in [1.807, 2.05) is 4.90 Å². The van der Waals surface area contributed by atoms with Crippen LogP contribution in [0.1, 0.15) is 40.1 Å². The van der Waals surface area contributed by atoms with E-state index < -0.39 is 0 Å². The van der Waals surface area contributed by atoms with Crippen molar-refractivity contribution in [1.82, 2.24) is 14.8 Å². The summed E-state index contributed by atoms with van der Waals surface area (Å²) in [6.45, 7) is 2.63. The molecule has 10 nitrogen and oxygen atoms in total. The number of anilines is 1. The summed E-state index contributed by atoms with van der Waals surface area (Å²) in [5.41, 5.74) is 2.79. The number of thiazole rings is 1. The number of carbonyl (C=O) groups excluding carboxylic acids is 3. The summed E-state index contributed by atoms with van der Waals surface area (Å²) in [7, 11) is 1.76. The number of ether oxygens (including phenoxy) is 3. The van der Waals surface area contributed by atoms with E-state index in [2.05, 4.69) is 10.3 Å². The number of hydrogen-bond donors (Lipinski definition) is 1. The highest BCUT2D eigenvalue weighted by Gasteiger charge is 2.39. The van der Waals surface area contributed by atoms with Crippen LogP contribution in [0.4, 0.5) is 5.69 Å². The zero-order valence-electron chi connectivity index (χ0n) is 19.5. The molecule has 0 radical (unpaired) electrons. The van der Waals surface area contributed by atoms with Crippen LogP contribution in [0.5, 0.6) is 5.75 Å². The standard InChI is InChI=1S/C24H28N4O6S/c1-27-19-4-3-16(11-22(29)28-6-8-32-9-7-28)34-21(19)12-33-20-5-2-15(10-17(20)24(27)31)26-23(30)18-13-35-14-25-18/h2,5,10,13-14,16,19,21H,3-4,6-9,11-12H2,1H3,(H,26,30)/t16-,19+,21-/m0/s1. The Morgan fingerprint density at radius 3 is 2.83 bits per heavy atom. The fourth-order valence-corrected chi connectivity index (χ4v) is 5.29. The van der Waals surface area contributed by atoms with Gasteiger partial charge in [-0.15, -0.1) is 11.3 Å². The molecule has 5 rings (SSSR count). The Labute approximate surface area is 207 Å². The molecule has 11 heteroatoms. The molecule has 4 heterocycles. The maximum absolute atomic E-state index is 13.4. The molecule has 3 aliphatic rings. The summed E-state index contributed by atoms with van der Waals surface area (Å²) in [4.78, 5) is 45.9. The van der Waals surface area contributed by atoms with E-state index in [9.17, 15) is 14.4 Å². The number of nitrogens with one attached hydrogen (secondary N) is 1. The number of amides is 3. The SMILES string of the molecule is CN1C(=O)c2cc(NC(=O)c3cscn3)ccc2OC[C@@H]2O[C@H](CC(=O)N3CCOCC3)CC[C@H]21. The second kappa shape index (κ2) is 10.3. The highest BCUT2D eigenvalue weighted by Crippen LogP contribution is 2.32. The number of likely N-dealkylation sites (N-methyl/N-ethyl adjacent to an activating group) is 1. The highest BCUT2D eigenvalue weighted by atomic mass is 32.1. The zero-order chi connectivity index (χ0) is 24.4. The number of nitrogens with zero attached hydrogens (tertiary/aromatic N) is 3. The van der Waals surface area contributed by atoms with Gasteiger partial charge < -0.3 is 29.3 Å². The molecule has 3 amide bonds. The van der Waals surface area contributed by atoms with Crippen molar-refractivity contribution in [3.63, 3.8) is 0 Å². The second-order valence-corrected chi connectivity index (χ2v) is 9.62. The Morgan fingerprint density at radius 1 is 1.23 bits per heavy atom. The van der Waals surface area contributed by atoms with E-state index >= 15 is 0 Å². The van der Waals surface area contributed by atoms with Gasteiger partial charge in [0.05, 0.1) is 42.9 Å². The lowest BCUT2D eigenvalue weighted by Crippen LogP contribution is -2.54. The van der Waals surface area contributed by atoms with Crippen molar-refractivity contribution in [2.24, 2.45) is 0 Å². The van der Waals surface area contributed by atoms with Crippen molar-refractivity contribution in [2.45, 2.75) is 37.5 Å². The van der Waals surface area contributed by atoms with Crippen molar-refractivity contribution >= 4 is 34.7 Å². The summed E-state index contributed by atoms with van der Waals surface area (Å²) in [6, 6.07) is 4.84. The van der Waals surface area contributed by atoms with Crippen molar-refractivity contribution in [1.29, 1.82) is 0 Å². The Kier molecular flexibility index (Phi) is 6.98. The number of fused-ring (bicyclic) bond motifs is 2. The molecule has 0 saturated carbocycles. The molecule has 0 bridgehead atoms. The first kappa shape index (κ1) is 23.7. The van der Waals surface area contributed by atoms with Gasteiger partial charge in [-0.1, -0.05) is 0 Å². The molecule has 0 aliphatic carbocycles. The van der Waals surface area contributed by atoms with Gasteiger partial charge in [0.1, 0.15) is 24.2 Å². The molecule has 35 heavy (non-hydrogen) atoms. The fraction of sp³-hybridized carbons (Fsp3) is 0.500. The summed E-state index contributed by atoms with van der Waals surface area (Å²) in [6.07, 6.45) is 1.18. The molecule has 2 saturated heterocycles. The van der Waals surface area contributed by atoms with Crippen LogP contribution in [0.15, 0.2) is 29.1 Å². The normalized spacial score (nSPS) is 24.5. The third-order valence-corrected chi connectivity index (χ3v) is 7.29. The minimum Gasteiger partial charge on any atom is -0.490 e. The minimum absolute atomic E-state index is 0.0746. The Morgan fingerprint density at radius 2 is 2.06 bits per heavy atom. The van der Waals surface area contributed by atoms with Crippen LogP contribution >= 0.6 is 11.3 Å². The molecule has 0 spiro atoms. The van der Waals surface area contributed by atoms with Crippen LogP contribution < -0.4 is 10.1 Å². The molecule has 0 unspecified atom stereocenters. The number of benzene rings is 1. The van der Waals surface area contributed by atoms with E-state index in [1.54, 1.807) is 41.0 Å². The molecular weight excluding hydrogens is 472 g/mol. The van der Waals surface area contributed by atoms with Crippen LogP contribution in [-0.2, 0) is 14.3 Å². The van der Waals surface area contributed by atoms with Gasteiger partial charge in [0.2, 0.25) is 5.91 Å². The van der Waals surface area contributed by atoms with Crippen molar-refractivity contribution in [2.75, 3.05) is 45.3 Å². The van der Waals surface area contributed by atoms with Gasteiger partial charge in [-0.3, -0.25) is 14.4 Å². The van der Waals surface area contributed by atoms with Gasteiger partial charge in [-0.05, 0) is 31.0 Å². The van der Waals surface area contributed by atoms with Gasteiger partial charge in [0, 0.05) is 31.2 Å². The van der Waals surface area contributed by atoms with Crippen molar-refractivity contribution in [3.05, 3.63) is 40.3 Å². The first-order valence-corrected chi connectivity index (χ1v) is 12.7. The number of carbonyl (C=O) groups is 3. The van der Waals surface area contributed by atoms with E-state index in [0.29, 0.717) is 68.3 Å². The van der Waals surface area contributed by atoms with E-state index in [-0.39, 0.29) is 42.6 Å². The molecular formula is C24H28N4O6S. The molecule has 3 atom stereocenters. The molecule has 1 aromatic carbocycles. The lowest BCUT2D eigenvalue weighted by Gasteiger charge is -2.42. The Hall–Kier alpha value is -3.02. The number of rotatable bonds is 4. The maximum Gasteiger partial charge on any atom is 0.275 e. The van der Waals surface area contributed by atoms with Crippen molar-refractivity contribution in [3.8, 4) is 5.75 Å². The third-order valence-electron chi connectivity index (χ3n) is 6.70. The van der Waals surface area contributed by atoms with Crippen molar-refractivity contribution < 1.29 is 28.6 Å². The topological polar surface area (TPSA) is 110 Å². The zero-order valence-corrected chi connectivity index (χ0v) is 20.3. The van der Waals surface area contributed by atoms with Gasteiger partial charge in [-0.25, -0.2) is 4.98 Å². The Balaban J connectivity index is 1.27. The number of aromatic nitrogens is 1. The lowest BCUT2D eigenvalue weighted by atomic mass is 9.94. The average molecular weight is 501 g/mol. The van der Waals surface area contributed by atoms with Gasteiger partial charge in [-0.2, -0.15) is 0 Å². The molecule has 3 aliphatic heterocycles. The fourth-order valence-electron chi connectivity index (χ4n) is 4.76. The lowest BCUT2D eigenvalue weighted by molar-refractivity contribution is -0.146. The first-order valence-electron chi connectivity index (χ1n) is 11.7. The van der Waals surface area contributed by atoms with Gasteiger partial charge in [0.25, 0.3) is 11.8 Å². The van der Waals surface area contributed by atoms with Crippen LogP contribution in [-0.4, -0.2) is 90.7 Å². The number of morpholine rings is 1. The maximum atomic E-state index is 13.4. The quantitative estimate of drug-likeness (QED) is 0.684. The van der Waals surface area contributed by atoms with Gasteiger partial charge in [0.15, 0.2) is 0 Å². The van der Waals surface area contributed by atoms with Crippen LogP contribution in [0.2, 0.25) is 0 Å². The number of hydrogen-bond acceptors (Lipinski definition) is 8. The van der Waals surface area contributed by atoms with Crippen LogP contribution in [0.3, 0.4) is 0 Å². The first-order chi connectivity index (χ1) is 17.0. The smallest absolute Gasteiger partial charge is 0.275 e. The van der Waals surface area contributed by atoms with Crippen LogP contribution in [0, 0.1) is 0 Å². The summed E-state index contributed by atoms with van der Waals surface area (Å²) in [5.74, 6) is -0.0318. The molecule has 1 aromatic heterocycles. The highest BCUT2D eigenvalue weighted by molar-refractivity contribution is 7.07. The van der Waals surface area contributed by atoms with E-state index in [4.69, 9.17) is 14.2 Å². The third kappa shape index (κ3) is 5.16. The molecule has 1 N–H and O–H groups in total. The summed E-state index contributed by atoms with van der Waals surface area (Å²) in [5, 5.41) is 4.45. The molecule has 2 fully saturated rings. The summed E-state index contributed by atoms with van der Waals surface area (Å²) >= 11 is 1.34. The van der Waals surface area contributed by atoms with Gasteiger partial charge >= 0.3 is 0 Å².